The molecule has 1 atom stereocenters. The highest BCUT2D eigenvalue weighted by atomic mass is 16.5. The zero-order chi connectivity index (χ0) is 17.5. The predicted molar refractivity (Wildman–Crippen MR) is 97.1 cm³/mol. The predicted octanol–water partition coefficient (Wildman–Crippen LogP) is 3.78. The van der Waals surface area contributed by atoms with Crippen molar-refractivity contribution >= 4 is 0 Å². The van der Waals surface area contributed by atoms with Crippen molar-refractivity contribution < 1.29 is 14.6 Å². The zero-order valence-corrected chi connectivity index (χ0v) is 14.7. The number of hydrogen-bond acceptors (Lipinski definition) is 4. The van der Waals surface area contributed by atoms with E-state index in [4.69, 9.17) is 15.2 Å². The van der Waals surface area contributed by atoms with Crippen LogP contribution >= 0.6 is 0 Å². The molecule has 0 saturated heterocycles. The van der Waals surface area contributed by atoms with Gasteiger partial charge >= 0.3 is 0 Å². The number of phenols is 1. The van der Waals surface area contributed by atoms with Gasteiger partial charge in [-0.2, -0.15) is 0 Å². The maximum Gasteiger partial charge on any atom is 0.161 e. The molecule has 0 aliphatic heterocycles. The molecule has 0 radical (unpaired) electrons. The van der Waals surface area contributed by atoms with Crippen molar-refractivity contribution in [2.24, 2.45) is 5.73 Å². The Morgan fingerprint density at radius 2 is 1.71 bits per heavy atom. The number of benzene rings is 2. The van der Waals surface area contributed by atoms with Gasteiger partial charge in [-0.3, -0.25) is 0 Å². The van der Waals surface area contributed by atoms with Crippen molar-refractivity contribution in [3.8, 4) is 17.2 Å². The molecule has 0 heterocycles. The summed E-state index contributed by atoms with van der Waals surface area (Å²) in [7, 11) is 0. The standard InChI is InChI=1S/C20H27NO3/c1-4-23-19-9-6-14(3)10-17(19)16(13-21)11-15-7-8-18(22)20(12-15)24-5-2/h6-10,12,16,22H,4-5,11,13,21H2,1-3H3. The average Bonchev–Trinajstić information content (AvgIpc) is 2.57. The van der Waals surface area contributed by atoms with Crippen LogP contribution in [0, 0.1) is 6.92 Å². The molecule has 0 aliphatic rings. The normalized spacial score (nSPS) is 12.0. The van der Waals surface area contributed by atoms with E-state index in [-0.39, 0.29) is 11.7 Å². The second kappa shape index (κ2) is 8.60. The summed E-state index contributed by atoms with van der Waals surface area (Å²) >= 11 is 0. The zero-order valence-electron chi connectivity index (χ0n) is 14.7. The summed E-state index contributed by atoms with van der Waals surface area (Å²) in [6.45, 7) is 7.62. The third-order valence-electron chi connectivity index (χ3n) is 4.00. The Kier molecular flexibility index (Phi) is 6.50. The molecule has 0 bridgehead atoms. The monoisotopic (exact) mass is 329 g/mol. The highest BCUT2D eigenvalue weighted by Crippen LogP contribution is 2.33. The van der Waals surface area contributed by atoms with Crippen molar-refractivity contribution in [2.45, 2.75) is 33.1 Å². The SMILES string of the molecule is CCOc1cc(CC(CN)c2cc(C)ccc2OCC)ccc1O. The Balaban J connectivity index is 2.30. The summed E-state index contributed by atoms with van der Waals surface area (Å²) in [4.78, 5) is 0. The number of hydrogen-bond donors (Lipinski definition) is 2. The molecule has 130 valence electrons. The molecule has 3 N–H and O–H groups in total. The first-order valence-electron chi connectivity index (χ1n) is 8.47. The lowest BCUT2D eigenvalue weighted by Crippen LogP contribution is -2.16. The highest BCUT2D eigenvalue weighted by Gasteiger charge is 2.17. The van der Waals surface area contributed by atoms with Crippen LogP contribution < -0.4 is 15.2 Å². The summed E-state index contributed by atoms with van der Waals surface area (Å²) in [5, 5.41) is 9.86. The van der Waals surface area contributed by atoms with E-state index in [2.05, 4.69) is 19.1 Å². The fourth-order valence-electron chi connectivity index (χ4n) is 2.84. The summed E-state index contributed by atoms with van der Waals surface area (Å²) in [5.41, 5.74) is 9.46. The molecule has 2 aromatic carbocycles. The van der Waals surface area contributed by atoms with Crippen molar-refractivity contribution in [2.75, 3.05) is 19.8 Å². The van der Waals surface area contributed by atoms with Crippen LogP contribution in [0.4, 0.5) is 0 Å². The minimum atomic E-state index is 0.144. The quantitative estimate of drug-likeness (QED) is 0.773. The van der Waals surface area contributed by atoms with Gasteiger partial charge in [0.05, 0.1) is 13.2 Å². The molecule has 24 heavy (non-hydrogen) atoms. The first-order chi connectivity index (χ1) is 11.6. The fraction of sp³-hybridized carbons (Fsp3) is 0.400. The Labute approximate surface area is 144 Å². The van der Waals surface area contributed by atoms with E-state index in [1.165, 1.54) is 5.56 Å². The minimum absolute atomic E-state index is 0.144. The summed E-state index contributed by atoms with van der Waals surface area (Å²) in [5.74, 6) is 1.71. The van der Waals surface area contributed by atoms with Gasteiger partial charge in [-0.15, -0.1) is 0 Å². The third kappa shape index (κ3) is 4.42. The number of nitrogens with two attached hydrogens (primary N) is 1. The molecule has 4 nitrogen and oxygen atoms in total. The van der Waals surface area contributed by atoms with Crippen LogP contribution in [0.5, 0.6) is 17.2 Å². The molecule has 0 aliphatic carbocycles. The Hall–Kier alpha value is -2.20. The van der Waals surface area contributed by atoms with Gasteiger partial charge in [0.15, 0.2) is 11.5 Å². The molecular formula is C20H27NO3. The lowest BCUT2D eigenvalue weighted by atomic mass is 9.90. The van der Waals surface area contributed by atoms with E-state index < -0.39 is 0 Å². The first kappa shape index (κ1) is 18.1. The molecule has 0 spiro atoms. The molecule has 0 fully saturated rings. The van der Waals surface area contributed by atoms with Crippen LogP contribution in [0.3, 0.4) is 0 Å². The Bertz CT molecular complexity index is 670. The lowest BCUT2D eigenvalue weighted by Gasteiger charge is -2.20. The van der Waals surface area contributed by atoms with E-state index in [1.54, 1.807) is 6.07 Å². The van der Waals surface area contributed by atoms with Crippen LogP contribution in [-0.2, 0) is 6.42 Å². The highest BCUT2D eigenvalue weighted by molar-refractivity contribution is 5.44. The molecule has 0 aromatic heterocycles. The molecule has 0 amide bonds. The second-order valence-corrected chi connectivity index (χ2v) is 5.85. The summed E-state index contributed by atoms with van der Waals surface area (Å²) < 4.78 is 11.2. The topological polar surface area (TPSA) is 64.7 Å². The van der Waals surface area contributed by atoms with Crippen LogP contribution in [0.25, 0.3) is 0 Å². The fourth-order valence-corrected chi connectivity index (χ4v) is 2.84. The Morgan fingerprint density at radius 1 is 1.00 bits per heavy atom. The van der Waals surface area contributed by atoms with E-state index in [1.807, 2.05) is 32.0 Å². The number of ether oxygens (including phenoxy) is 2. The number of aryl methyl sites for hydroxylation is 1. The maximum atomic E-state index is 9.86. The van der Waals surface area contributed by atoms with Gasteiger partial charge in [-0.25, -0.2) is 0 Å². The number of phenolic OH excluding ortho intramolecular Hbond substituents is 1. The van der Waals surface area contributed by atoms with Gasteiger partial charge in [-0.1, -0.05) is 23.8 Å². The molecule has 0 saturated carbocycles. The van der Waals surface area contributed by atoms with E-state index in [9.17, 15) is 5.11 Å². The van der Waals surface area contributed by atoms with Gasteiger partial charge < -0.3 is 20.3 Å². The van der Waals surface area contributed by atoms with E-state index in [0.29, 0.717) is 25.5 Å². The Morgan fingerprint density at radius 3 is 2.38 bits per heavy atom. The molecular weight excluding hydrogens is 302 g/mol. The van der Waals surface area contributed by atoms with Gasteiger partial charge in [-0.05, 0) is 63.1 Å². The van der Waals surface area contributed by atoms with Crippen molar-refractivity contribution in [1.29, 1.82) is 0 Å². The largest absolute Gasteiger partial charge is 0.504 e. The van der Waals surface area contributed by atoms with Crippen LogP contribution in [0.15, 0.2) is 36.4 Å². The molecule has 1 unspecified atom stereocenters. The lowest BCUT2D eigenvalue weighted by molar-refractivity contribution is 0.317. The second-order valence-electron chi connectivity index (χ2n) is 5.85. The van der Waals surface area contributed by atoms with Crippen molar-refractivity contribution in [1.82, 2.24) is 0 Å². The van der Waals surface area contributed by atoms with Gasteiger partial charge in [0, 0.05) is 5.92 Å². The maximum absolute atomic E-state index is 9.86. The third-order valence-corrected chi connectivity index (χ3v) is 4.00. The van der Waals surface area contributed by atoms with Crippen molar-refractivity contribution in [3.05, 3.63) is 53.1 Å². The van der Waals surface area contributed by atoms with Crippen molar-refractivity contribution in [3.63, 3.8) is 0 Å². The molecule has 4 heteroatoms. The summed E-state index contributed by atoms with van der Waals surface area (Å²) in [6, 6.07) is 11.7. The first-order valence-corrected chi connectivity index (χ1v) is 8.47. The van der Waals surface area contributed by atoms with Gasteiger partial charge in [0.2, 0.25) is 0 Å². The van der Waals surface area contributed by atoms with E-state index >= 15 is 0 Å². The van der Waals surface area contributed by atoms with Crippen LogP contribution in [-0.4, -0.2) is 24.9 Å². The molecule has 2 aromatic rings. The summed E-state index contributed by atoms with van der Waals surface area (Å²) in [6.07, 6.45) is 0.764. The van der Waals surface area contributed by atoms with Gasteiger partial charge in [0.25, 0.3) is 0 Å². The number of aromatic hydroxyl groups is 1. The van der Waals surface area contributed by atoms with Gasteiger partial charge in [0.1, 0.15) is 5.75 Å². The molecule has 2 rings (SSSR count). The number of rotatable bonds is 8. The van der Waals surface area contributed by atoms with Crippen LogP contribution in [0.2, 0.25) is 0 Å². The minimum Gasteiger partial charge on any atom is -0.504 e. The average molecular weight is 329 g/mol. The van der Waals surface area contributed by atoms with Crippen LogP contribution in [0.1, 0.15) is 36.5 Å². The smallest absolute Gasteiger partial charge is 0.161 e. The van der Waals surface area contributed by atoms with E-state index in [0.717, 1.165) is 23.3 Å².